The highest BCUT2D eigenvalue weighted by atomic mass is 16.6. The third-order valence-corrected chi connectivity index (χ3v) is 3.52. The Morgan fingerprint density at radius 2 is 2.12 bits per heavy atom. The quantitative estimate of drug-likeness (QED) is 0.758. The minimum atomic E-state index is -0.546. The number of carbonyl (C=O) groups excluding carboxylic acids is 1. The molecule has 0 unspecified atom stereocenters. The summed E-state index contributed by atoms with van der Waals surface area (Å²) in [5.41, 5.74) is 1.19. The molecular formula is C13H15NO3. The van der Waals surface area contributed by atoms with Gasteiger partial charge in [-0.05, 0) is 5.56 Å². The van der Waals surface area contributed by atoms with Gasteiger partial charge >= 0.3 is 5.97 Å². The van der Waals surface area contributed by atoms with E-state index in [0.717, 1.165) is 6.54 Å². The Hall–Kier alpha value is -1.39. The van der Waals surface area contributed by atoms with Crippen molar-refractivity contribution in [1.82, 2.24) is 4.90 Å². The van der Waals surface area contributed by atoms with Crippen molar-refractivity contribution >= 4 is 5.97 Å². The molecule has 0 aromatic heterocycles. The average molecular weight is 233 g/mol. The molecule has 0 aliphatic carbocycles. The Labute approximate surface area is 99.8 Å². The number of aliphatic hydroxyl groups is 1. The normalized spacial score (nSPS) is 32.5. The predicted octanol–water partition coefficient (Wildman–Crippen LogP) is 0.547. The van der Waals surface area contributed by atoms with Crippen molar-refractivity contribution in [1.29, 1.82) is 0 Å². The van der Waals surface area contributed by atoms with Gasteiger partial charge in [0.1, 0.15) is 12.2 Å². The van der Waals surface area contributed by atoms with E-state index in [2.05, 4.69) is 17.0 Å². The van der Waals surface area contributed by atoms with Gasteiger partial charge < -0.3 is 9.84 Å². The molecular weight excluding hydrogens is 218 g/mol. The number of benzene rings is 1. The average Bonchev–Trinajstić information content (AvgIpc) is 2.82. The summed E-state index contributed by atoms with van der Waals surface area (Å²) in [6.45, 7) is 1.34. The van der Waals surface area contributed by atoms with Gasteiger partial charge in [0, 0.05) is 13.1 Å². The summed E-state index contributed by atoms with van der Waals surface area (Å²) in [7, 11) is 0. The van der Waals surface area contributed by atoms with Crippen molar-refractivity contribution in [2.24, 2.45) is 0 Å². The number of β-amino-alcohol motifs (C(OH)–C–C–N with tert-alkyl or cyclic N) is 1. The molecule has 3 atom stereocenters. The van der Waals surface area contributed by atoms with E-state index in [-0.39, 0.29) is 18.1 Å². The van der Waals surface area contributed by atoms with Crippen LogP contribution in [0.5, 0.6) is 0 Å². The van der Waals surface area contributed by atoms with Crippen LogP contribution in [0.3, 0.4) is 0 Å². The lowest BCUT2D eigenvalue weighted by atomic mass is 10.1. The second kappa shape index (κ2) is 4.13. The summed E-state index contributed by atoms with van der Waals surface area (Å²) in [6.07, 6.45) is -0.476. The van der Waals surface area contributed by atoms with Crippen molar-refractivity contribution < 1.29 is 14.6 Å². The number of fused-ring (bicyclic) bond motifs is 1. The van der Waals surface area contributed by atoms with Crippen LogP contribution in [0.2, 0.25) is 0 Å². The maximum absolute atomic E-state index is 11.2. The molecule has 2 aliphatic rings. The van der Waals surface area contributed by atoms with Gasteiger partial charge in [-0.3, -0.25) is 9.69 Å². The fourth-order valence-corrected chi connectivity index (χ4v) is 2.72. The number of likely N-dealkylation sites (tertiary alicyclic amines) is 1. The van der Waals surface area contributed by atoms with E-state index in [9.17, 15) is 9.90 Å². The van der Waals surface area contributed by atoms with Crippen LogP contribution in [0.25, 0.3) is 0 Å². The van der Waals surface area contributed by atoms with E-state index >= 15 is 0 Å². The van der Waals surface area contributed by atoms with E-state index < -0.39 is 6.10 Å². The fraction of sp³-hybridized carbons (Fsp3) is 0.462. The highest BCUT2D eigenvalue weighted by Crippen LogP contribution is 2.31. The topological polar surface area (TPSA) is 49.8 Å². The first-order valence-corrected chi connectivity index (χ1v) is 5.89. The number of rotatable bonds is 2. The lowest BCUT2D eigenvalue weighted by Crippen LogP contribution is -2.31. The standard InChI is InChI=1S/C13H15NO3/c15-11-8-14(7-9-4-2-1-3-5-9)10-6-12(16)17-13(10)11/h1-5,10-11,13,15H,6-8H2/t10-,11-,13+/m1/s1. The molecule has 1 N–H and O–H groups in total. The number of hydrogen-bond acceptors (Lipinski definition) is 4. The maximum Gasteiger partial charge on any atom is 0.307 e. The summed E-state index contributed by atoms with van der Waals surface area (Å²) in [6, 6.07) is 10.1. The number of ether oxygens (including phenoxy) is 1. The molecule has 0 amide bonds. The Bertz CT molecular complexity index is 420. The Morgan fingerprint density at radius 1 is 1.35 bits per heavy atom. The first-order chi connectivity index (χ1) is 8.24. The molecule has 1 aromatic carbocycles. The van der Waals surface area contributed by atoms with Crippen molar-refractivity contribution in [3.63, 3.8) is 0 Å². The van der Waals surface area contributed by atoms with Crippen LogP contribution >= 0.6 is 0 Å². The Balaban J connectivity index is 1.74. The molecule has 0 saturated carbocycles. The summed E-state index contributed by atoms with van der Waals surface area (Å²) >= 11 is 0. The summed E-state index contributed by atoms with van der Waals surface area (Å²) in [5.74, 6) is -0.197. The summed E-state index contributed by atoms with van der Waals surface area (Å²) in [5, 5.41) is 9.85. The van der Waals surface area contributed by atoms with Gasteiger partial charge in [0.15, 0.2) is 0 Å². The van der Waals surface area contributed by atoms with Crippen LogP contribution in [0, 0.1) is 0 Å². The smallest absolute Gasteiger partial charge is 0.307 e. The van der Waals surface area contributed by atoms with Gasteiger partial charge in [-0.2, -0.15) is 0 Å². The number of esters is 1. The van der Waals surface area contributed by atoms with Crippen molar-refractivity contribution in [2.75, 3.05) is 6.54 Å². The van der Waals surface area contributed by atoms with Crippen LogP contribution in [0.15, 0.2) is 30.3 Å². The molecule has 2 fully saturated rings. The zero-order valence-electron chi connectivity index (χ0n) is 9.45. The summed E-state index contributed by atoms with van der Waals surface area (Å²) in [4.78, 5) is 13.4. The minimum Gasteiger partial charge on any atom is -0.458 e. The largest absolute Gasteiger partial charge is 0.458 e. The van der Waals surface area contributed by atoms with E-state index in [4.69, 9.17) is 4.74 Å². The van der Waals surface area contributed by atoms with Gasteiger partial charge in [-0.15, -0.1) is 0 Å². The highest BCUT2D eigenvalue weighted by molar-refractivity contribution is 5.73. The molecule has 90 valence electrons. The van der Waals surface area contributed by atoms with Crippen molar-refractivity contribution in [2.45, 2.75) is 31.2 Å². The molecule has 3 rings (SSSR count). The van der Waals surface area contributed by atoms with Crippen molar-refractivity contribution in [3.05, 3.63) is 35.9 Å². The van der Waals surface area contributed by atoms with Gasteiger partial charge in [0.25, 0.3) is 0 Å². The second-order valence-electron chi connectivity index (χ2n) is 4.71. The van der Waals surface area contributed by atoms with Crippen LogP contribution < -0.4 is 0 Å². The first-order valence-electron chi connectivity index (χ1n) is 5.89. The van der Waals surface area contributed by atoms with E-state index in [1.54, 1.807) is 0 Å². The zero-order valence-corrected chi connectivity index (χ0v) is 9.45. The zero-order chi connectivity index (χ0) is 11.8. The third kappa shape index (κ3) is 1.94. The number of carbonyl (C=O) groups is 1. The monoisotopic (exact) mass is 233 g/mol. The molecule has 0 spiro atoms. The minimum absolute atomic E-state index is 0.0395. The van der Waals surface area contributed by atoms with Gasteiger partial charge in [-0.1, -0.05) is 30.3 Å². The molecule has 17 heavy (non-hydrogen) atoms. The maximum atomic E-state index is 11.2. The number of aliphatic hydroxyl groups excluding tert-OH is 1. The lowest BCUT2D eigenvalue weighted by molar-refractivity contribution is -0.144. The molecule has 2 heterocycles. The van der Waals surface area contributed by atoms with Crippen LogP contribution in [0.1, 0.15) is 12.0 Å². The highest BCUT2D eigenvalue weighted by Gasteiger charge is 2.48. The molecule has 4 nitrogen and oxygen atoms in total. The molecule has 2 saturated heterocycles. The van der Waals surface area contributed by atoms with Crippen LogP contribution in [-0.4, -0.2) is 40.8 Å². The van der Waals surface area contributed by atoms with Gasteiger partial charge in [-0.25, -0.2) is 0 Å². The molecule has 0 bridgehead atoms. The third-order valence-electron chi connectivity index (χ3n) is 3.52. The van der Waals surface area contributed by atoms with E-state index in [1.165, 1.54) is 5.56 Å². The SMILES string of the molecule is O=C1C[C@@H]2[C@H](O1)[C@H](O)CN2Cc1ccccc1. The van der Waals surface area contributed by atoms with Crippen LogP contribution in [-0.2, 0) is 16.1 Å². The second-order valence-corrected chi connectivity index (χ2v) is 4.71. The first kappa shape index (κ1) is 10.7. The van der Waals surface area contributed by atoms with Gasteiger partial charge in [0.2, 0.25) is 0 Å². The van der Waals surface area contributed by atoms with Gasteiger partial charge in [0.05, 0.1) is 12.5 Å². The number of nitrogens with zero attached hydrogens (tertiary/aromatic N) is 1. The number of hydrogen-bond donors (Lipinski definition) is 1. The fourth-order valence-electron chi connectivity index (χ4n) is 2.72. The molecule has 1 aromatic rings. The van der Waals surface area contributed by atoms with E-state index in [0.29, 0.717) is 13.0 Å². The summed E-state index contributed by atoms with van der Waals surface area (Å²) < 4.78 is 5.13. The van der Waals surface area contributed by atoms with Crippen LogP contribution in [0.4, 0.5) is 0 Å². The lowest BCUT2D eigenvalue weighted by Gasteiger charge is -2.20. The molecule has 2 aliphatic heterocycles. The van der Waals surface area contributed by atoms with E-state index in [1.807, 2.05) is 18.2 Å². The Kier molecular flexibility index (Phi) is 2.61. The van der Waals surface area contributed by atoms with Crippen molar-refractivity contribution in [3.8, 4) is 0 Å². The molecule has 0 radical (unpaired) electrons. The predicted molar refractivity (Wildman–Crippen MR) is 61.1 cm³/mol. The molecule has 4 heteroatoms. The Morgan fingerprint density at radius 3 is 2.88 bits per heavy atom.